The summed E-state index contributed by atoms with van der Waals surface area (Å²) in [5.41, 5.74) is 16.6. The molecule has 0 aromatic carbocycles. The van der Waals surface area contributed by atoms with Crippen molar-refractivity contribution in [1.29, 1.82) is 0 Å². The lowest BCUT2D eigenvalue weighted by atomic mass is 10.0. The lowest BCUT2D eigenvalue weighted by molar-refractivity contribution is -0.144. The maximum atomic E-state index is 14.3. The van der Waals surface area contributed by atoms with E-state index in [0.717, 1.165) is 16.7 Å². The molecule has 0 radical (unpaired) electrons. The van der Waals surface area contributed by atoms with Crippen LogP contribution in [-0.2, 0) is 92.7 Å². The number of carbonyl (C=O) groups excluding carboxylic acids is 12. The molecule has 2 saturated heterocycles. The summed E-state index contributed by atoms with van der Waals surface area (Å²) in [6.07, 6.45) is -5.95. The number of aromatic amines is 1. The van der Waals surface area contributed by atoms with Crippen molar-refractivity contribution in [1.82, 2.24) is 62.3 Å². The van der Waals surface area contributed by atoms with Gasteiger partial charge in [0.25, 0.3) is 0 Å². The normalized spacial score (nSPS) is 17.2. The summed E-state index contributed by atoms with van der Waals surface area (Å²) in [6.45, 7) is 0.816. The Morgan fingerprint density at radius 2 is 0.859 bits per heavy atom. The first-order chi connectivity index (χ1) is 43.2. The monoisotopic (exact) mass is 1310 g/mol. The number of likely N-dealkylation sites (tertiary alicyclic amines) is 2. The Morgan fingerprint density at radius 1 is 0.478 bits per heavy atom. The highest BCUT2D eigenvalue weighted by molar-refractivity contribution is 6.00. The number of imidazole rings is 1. The molecule has 3 heterocycles. The van der Waals surface area contributed by atoms with Gasteiger partial charge in [-0.1, -0.05) is 0 Å². The molecule has 0 unspecified atom stereocenters. The van der Waals surface area contributed by atoms with E-state index in [1.807, 2.05) is 0 Å². The molecule has 0 aliphatic carbocycles. The maximum Gasteiger partial charge on any atom is 0.326 e. The third-order valence-corrected chi connectivity index (χ3v) is 14.5. The molecule has 92 heavy (non-hydrogen) atoms. The summed E-state index contributed by atoms with van der Waals surface area (Å²) < 4.78 is 0. The predicted molar refractivity (Wildman–Crippen MR) is 305 cm³/mol. The number of carbonyl (C=O) groups is 18. The number of aliphatic carboxylic acids is 6. The molecule has 1 aromatic heterocycles. The van der Waals surface area contributed by atoms with Gasteiger partial charge >= 0.3 is 35.8 Å². The van der Waals surface area contributed by atoms with Gasteiger partial charge in [-0.05, 0) is 71.1 Å². The van der Waals surface area contributed by atoms with E-state index in [4.69, 9.17) is 22.3 Å². The molecule has 39 nitrogen and oxygen atoms in total. The number of aromatic nitrogens is 2. The lowest BCUT2D eigenvalue weighted by Gasteiger charge is -2.31. The number of hydrogen-bond acceptors (Lipinski definition) is 20. The third kappa shape index (κ3) is 25.6. The molecule has 3 rings (SSSR count). The van der Waals surface area contributed by atoms with Gasteiger partial charge in [-0.15, -0.1) is 0 Å². The molecule has 12 amide bonds. The van der Waals surface area contributed by atoms with E-state index in [0.29, 0.717) is 0 Å². The van der Waals surface area contributed by atoms with Gasteiger partial charge in [0.1, 0.15) is 60.4 Å². The Kier molecular flexibility index (Phi) is 30.5. The fourth-order valence-electron chi connectivity index (χ4n) is 9.63. The van der Waals surface area contributed by atoms with Gasteiger partial charge in [0.2, 0.25) is 70.9 Å². The minimum absolute atomic E-state index is 0.0200. The van der Waals surface area contributed by atoms with Gasteiger partial charge in [-0.25, -0.2) is 9.78 Å². The molecule has 2 fully saturated rings. The van der Waals surface area contributed by atoms with Crippen LogP contribution in [-0.4, -0.2) is 237 Å². The molecule has 21 N–H and O–H groups in total. The standard InChI is InChI=1S/C53H77N15O24/c1-24(43(81)65-33(21-42(79)80)48(86)60-27(7-12-36(55)69)46(84)66-32(20-25-22-57-23-58-25)47(85)64-31(53(91)92)8-13-37(56)70)59-44(82)28(9-15-39(73)74)61-50(88)35-5-3-19-68(35)52(90)30(11-17-41(77)78)63-45(83)29(10-16-40(75)76)62-49(87)34-4-2-18-67(34)51(89)26(54)6-14-38(71)72/h22-24,26-35H,2-21,54H2,1H3,(H2,55,69)(H2,56,70)(H,57,58)(H,59,82)(H,60,86)(H,61,88)(H,62,87)(H,63,83)(H,64,85)(H,65,81)(H,66,84)(H,71,72)(H,73,74)(H,75,76)(H,77,78)(H,79,80)(H,91,92)/t24-,26-,27-,28-,29-,30-,31-,32-,33-,34-,35-/m0/s1. The van der Waals surface area contributed by atoms with E-state index < -0.39 is 257 Å². The number of amides is 12. The van der Waals surface area contributed by atoms with Crippen LogP contribution in [0, 0.1) is 0 Å². The Hall–Kier alpha value is -10.4. The van der Waals surface area contributed by atoms with Gasteiger partial charge in [0.15, 0.2) is 0 Å². The van der Waals surface area contributed by atoms with Crippen molar-refractivity contribution in [3.8, 4) is 0 Å². The molecular formula is C53H77N15O24. The molecule has 1 aromatic rings. The van der Waals surface area contributed by atoms with Crippen molar-refractivity contribution in [2.45, 2.75) is 189 Å². The van der Waals surface area contributed by atoms with E-state index in [2.05, 4.69) is 52.5 Å². The number of H-pyrrole nitrogens is 1. The summed E-state index contributed by atoms with van der Waals surface area (Å²) >= 11 is 0. The largest absolute Gasteiger partial charge is 0.481 e. The van der Waals surface area contributed by atoms with Crippen molar-refractivity contribution >= 4 is 107 Å². The molecular weight excluding hydrogens is 1230 g/mol. The quantitative estimate of drug-likeness (QED) is 0.0290. The van der Waals surface area contributed by atoms with E-state index in [-0.39, 0.29) is 50.9 Å². The minimum atomic E-state index is -2.09. The first kappa shape index (κ1) is 75.9. The van der Waals surface area contributed by atoms with Crippen LogP contribution in [0.15, 0.2) is 12.5 Å². The van der Waals surface area contributed by atoms with Crippen LogP contribution in [0.25, 0.3) is 0 Å². The fraction of sp³-hybridized carbons (Fsp3) is 0.604. The second-order valence-corrected chi connectivity index (χ2v) is 21.6. The van der Waals surface area contributed by atoms with Crippen LogP contribution in [0.1, 0.15) is 122 Å². The number of primary amides is 2. The Labute approximate surface area is 522 Å². The molecule has 0 spiro atoms. The highest BCUT2D eigenvalue weighted by atomic mass is 16.4. The Bertz CT molecular complexity index is 2930. The first-order valence-electron chi connectivity index (χ1n) is 28.8. The zero-order chi connectivity index (χ0) is 69.1. The summed E-state index contributed by atoms with van der Waals surface area (Å²) in [5.74, 6) is -22.1. The highest BCUT2D eigenvalue weighted by Gasteiger charge is 2.42. The van der Waals surface area contributed by atoms with Crippen molar-refractivity contribution in [3.63, 3.8) is 0 Å². The molecule has 508 valence electrons. The number of nitrogens with two attached hydrogens (primary N) is 3. The summed E-state index contributed by atoms with van der Waals surface area (Å²) in [5, 5.41) is 75.1. The maximum absolute atomic E-state index is 14.3. The second-order valence-electron chi connectivity index (χ2n) is 21.6. The van der Waals surface area contributed by atoms with Gasteiger partial charge in [0.05, 0.1) is 18.8 Å². The van der Waals surface area contributed by atoms with Crippen LogP contribution < -0.4 is 59.7 Å². The number of carboxylic acids is 6. The predicted octanol–water partition coefficient (Wildman–Crippen LogP) is -7.29. The van der Waals surface area contributed by atoms with Gasteiger partial charge in [0, 0.05) is 69.9 Å². The first-order valence-corrected chi connectivity index (χ1v) is 28.8. The minimum Gasteiger partial charge on any atom is -0.481 e. The van der Waals surface area contributed by atoms with Crippen molar-refractivity contribution < 1.29 is 117 Å². The van der Waals surface area contributed by atoms with E-state index in [9.17, 15) is 112 Å². The van der Waals surface area contributed by atoms with Crippen LogP contribution in [0.5, 0.6) is 0 Å². The SMILES string of the molecule is C[C@H](NC(=O)[C@H](CCC(=O)O)NC(=O)[C@@H]1CCCN1C(=O)[C@H](CCC(=O)O)NC(=O)[C@H](CCC(=O)O)NC(=O)[C@@H]1CCCN1C(=O)[C@@H](N)CCC(=O)O)C(=O)N[C@@H](CC(=O)O)C(=O)N[C@@H](CCC(N)=O)C(=O)N[C@@H](Cc1cnc[nH]1)C(=O)N[C@@H](CCC(N)=O)C(=O)O. The number of nitrogens with one attached hydrogen (secondary N) is 9. The van der Waals surface area contributed by atoms with Crippen molar-refractivity contribution in [2.75, 3.05) is 13.1 Å². The number of carboxylic acid groups (broad SMARTS) is 6. The smallest absolute Gasteiger partial charge is 0.326 e. The van der Waals surface area contributed by atoms with Crippen LogP contribution in [0.3, 0.4) is 0 Å². The molecule has 0 saturated carbocycles. The van der Waals surface area contributed by atoms with Crippen LogP contribution in [0.4, 0.5) is 0 Å². The third-order valence-electron chi connectivity index (χ3n) is 14.5. The molecule has 0 bridgehead atoms. The summed E-state index contributed by atoms with van der Waals surface area (Å²) in [6, 6.07) is -18.4. The highest BCUT2D eigenvalue weighted by Crippen LogP contribution is 2.23. The molecule has 2 aliphatic heterocycles. The molecule has 11 atom stereocenters. The van der Waals surface area contributed by atoms with Crippen molar-refractivity contribution in [2.24, 2.45) is 17.2 Å². The average molecular weight is 1310 g/mol. The Balaban J connectivity index is 1.83. The van der Waals surface area contributed by atoms with E-state index >= 15 is 0 Å². The van der Waals surface area contributed by atoms with Crippen LogP contribution >= 0.6 is 0 Å². The zero-order valence-electron chi connectivity index (χ0n) is 49.8. The van der Waals surface area contributed by atoms with E-state index in [1.165, 1.54) is 12.5 Å². The van der Waals surface area contributed by atoms with Crippen LogP contribution in [0.2, 0.25) is 0 Å². The van der Waals surface area contributed by atoms with E-state index in [1.54, 1.807) is 0 Å². The number of nitrogens with zero attached hydrogens (tertiary/aromatic N) is 3. The van der Waals surface area contributed by atoms with Gasteiger partial charge in [-0.2, -0.15) is 0 Å². The lowest BCUT2D eigenvalue weighted by Crippen LogP contribution is -2.60. The van der Waals surface area contributed by atoms with Gasteiger partial charge < -0.3 is 105 Å². The average Bonchev–Trinajstić information content (AvgIpc) is 1.69. The Morgan fingerprint density at radius 3 is 1.32 bits per heavy atom. The molecule has 39 heteroatoms. The topological polar surface area (TPSA) is 638 Å². The number of hydrogen-bond donors (Lipinski definition) is 18. The van der Waals surface area contributed by atoms with Gasteiger partial charge in [-0.3, -0.25) is 81.5 Å². The van der Waals surface area contributed by atoms with Crippen molar-refractivity contribution in [3.05, 3.63) is 18.2 Å². The zero-order valence-corrected chi connectivity index (χ0v) is 49.8. The molecule has 2 aliphatic rings. The second kappa shape index (κ2) is 36.9. The fourth-order valence-corrected chi connectivity index (χ4v) is 9.63. The summed E-state index contributed by atoms with van der Waals surface area (Å²) in [4.78, 5) is 240. The number of rotatable bonds is 41. The summed E-state index contributed by atoms with van der Waals surface area (Å²) in [7, 11) is 0.